The lowest BCUT2D eigenvalue weighted by molar-refractivity contribution is -0.119. The number of rotatable bonds is 5. The van der Waals surface area contributed by atoms with Crippen molar-refractivity contribution >= 4 is 21.4 Å². The molecule has 1 aromatic carbocycles. The lowest BCUT2D eigenvalue weighted by Gasteiger charge is -2.22. The highest BCUT2D eigenvalue weighted by Crippen LogP contribution is 2.29. The minimum Gasteiger partial charge on any atom is -0.381 e. The van der Waals surface area contributed by atoms with Gasteiger partial charge in [-0.1, -0.05) is 18.2 Å². The Morgan fingerprint density at radius 2 is 2.00 bits per heavy atom. The molecular formula is C15H22N2O3S. The van der Waals surface area contributed by atoms with E-state index in [1.54, 1.807) is 7.05 Å². The van der Waals surface area contributed by atoms with Crippen molar-refractivity contribution in [1.29, 1.82) is 0 Å². The first-order valence-electron chi connectivity index (χ1n) is 7.15. The molecule has 5 nitrogen and oxygen atoms in total. The van der Waals surface area contributed by atoms with Crippen molar-refractivity contribution in [3.05, 3.63) is 29.8 Å². The van der Waals surface area contributed by atoms with Crippen LogP contribution in [0.4, 0.5) is 5.69 Å². The molecule has 1 aromatic rings. The molecule has 116 valence electrons. The van der Waals surface area contributed by atoms with Gasteiger partial charge >= 0.3 is 0 Å². The molecule has 1 aliphatic carbocycles. The van der Waals surface area contributed by atoms with E-state index < -0.39 is 9.84 Å². The Hall–Kier alpha value is -1.56. The Kier molecular flexibility index (Phi) is 4.88. The molecule has 0 spiro atoms. The molecule has 6 heteroatoms. The molecule has 2 unspecified atom stereocenters. The molecule has 2 N–H and O–H groups in total. The Labute approximate surface area is 126 Å². The largest absolute Gasteiger partial charge is 0.381 e. The second kappa shape index (κ2) is 6.47. The first kappa shape index (κ1) is 15.8. The molecule has 0 aliphatic heterocycles. The van der Waals surface area contributed by atoms with Gasteiger partial charge in [0.1, 0.15) is 0 Å². The van der Waals surface area contributed by atoms with Crippen LogP contribution in [0.25, 0.3) is 0 Å². The van der Waals surface area contributed by atoms with Crippen LogP contribution in [0.15, 0.2) is 24.3 Å². The quantitative estimate of drug-likeness (QED) is 0.861. The highest BCUT2D eigenvalue weighted by molar-refractivity contribution is 7.91. The Morgan fingerprint density at radius 1 is 1.29 bits per heavy atom. The summed E-state index contributed by atoms with van der Waals surface area (Å²) < 4.78 is 23.7. The third kappa shape index (κ3) is 3.97. The molecule has 0 bridgehead atoms. The summed E-state index contributed by atoms with van der Waals surface area (Å²) in [6.45, 7) is 0. The predicted octanol–water partition coefficient (Wildman–Crippen LogP) is 1.35. The van der Waals surface area contributed by atoms with E-state index in [0.29, 0.717) is 6.42 Å². The van der Waals surface area contributed by atoms with Gasteiger partial charge < -0.3 is 10.6 Å². The second-order valence-corrected chi connectivity index (χ2v) is 7.82. The van der Waals surface area contributed by atoms with Gasteiger partial charge in [0.15, 0.2) is 9.84 Å². The average Bonchev–Trinajstić information content (AvgIpc) is 2.89. The molecule has 0 radical (unpaired) electrons. The molecule has 2 atom stereocenters. The van der Waals surface area contributed by atoms with Crippen molar-refractivity contribution in [2.75, 3.05) is 18.6 Å². The summed E-state index contributed by atoms with van der Waals surface area (Å²) >= 11 is 0. The van der Waals surface area contributed by atoms with Gasteiger partial charge in [-0.15, -0.1) is 0 Å². The number of para-hydroxylation sites is 1. The van der Waals surface area contributed by atoms with Gasteiger partial charge in [-0.3, -0.25) is 4.79 Å². The SMILES string of the molecule is CNC(=O)Cc1ccccc1NC1CCCC1S(C)(=O)=O. The summed E-state index contributed by atoms with van der Waals surface area (Å²) in [4.78, 5) is 11.6. The van der Waals surface area contributed by atoms with E-state index in [0.717, 1.165) is 24.1 Å². The lowest BCUT2D eigenvalue weighted by atomic mass is 10.1. The lowest BCUT2D eigenvalue weighted by Crippen LogP contribution is -2.34. The van der Waals surface area contributed by atoms with Crippen LogP contribution >= 0.6 is 0 Å². The van der Waals surface area contributed by atoms with Crippen LogP contribution in [0.3, 0.4) is 0 Å². The number of hydrogen-bond donors (Lipinski definition) is 2. The highest BCUT2D eigenvalue weighted by atomic mass is 32.2. The minimum absolute atomic E-state index is 0.0599. The summed E-state index contributed by atoms with van der Waals surface area (Å²) in [6.07, 6.45) is 4.04. The number of carbonyl (C=O) groups is 1. The summed E-state index contributed by atoms with van der Waals surface area (Å²) in [5.41, 5.74) is 1.73. The maximum atomic E-state index is 11.8. The molecule has 1 saturated carbocycles. The number of benzene rings is 1. The van der Waals surface area contributed by atoms with Crippen molar-refractivity contribution in [1.82, 2.24) is 5.32 Å². The van der Waals surface area contributed by atoms with Gasteiger partial charge in [0, 0.05) is 25.0 Å². The third-order valence-electron chi connectivity index (χ3n) is 3.99. The monoisotopic (exact) mass is 310 g/mol. The Balaban J connectivity index is 2.18. The zero-order valence-corrected chi connectivity index (χ0v) is 13.2. The van der Waals surface area contributed by atoms with E-state index in [1.165, 1.54) is 6.26 Å². The zero-order valence-electron chi connectivity index (χ0n) is 12.4. The highest BCUT2D eigenvalue weighted by Gasteiger charge is 2.34. The van der Waals surface area contributed by atoms with Crippen molar-refractivity contribution in [2.45, 2.75) is 37.0 Å². The number of nitrogens with one attached hydrogen (secondary N) is 2. The maximum Gasteiger partial charge on any atom is 0.224 e. The van der Waals surface area contributed by atoms with Crippen molar-refractivity contribution in [2.24, 2.45) is 0 Å². The van der Waals surface area contributed by atoms with E-state index >= 15 is 0 Å². The van der Waals surface area contributed by atoms with Gasteiger partial charge in [0.05, 0.1) is 11.7 Å². The van der Waals surface area contributed by atoms with E-state index in [1.807, 2.05) is 24.3 Å². The summed E-state index contributed by atoms with van der Waals surface area (Å²) in [5, 5.41) is 5.60. The van der Waals surface area contributed by atoms with Gasteiger partial charge in [0.25, 0.3) is 0 Å². The van der Waals surface area contributed by atoms with Crippen molar-refractivity contribution in [3.63, 3.8) is 0 Å². The molecule has 1 amide bonds. The van der Waals surface area contributed by atoms with Crippen LogP contribution in [-0.2, 0) is 21.1 Å². The molecule has 21 heavy (non-hydrogen) atoms. The zero-order chi connectivity index (χ0) is 15.5. The van der Waals surface area contributed by atoms with Crippen molar-refractivity contribution < 1.29 is 13.2 Å². The van der Waals surface area contributed by atoms with E-state index in [9.17, 15) is 13.2 Å². The molecule has 1 fully saturated rings. The molecule has 0 aromatic heterocycles. The molecule has 0 heterocycles. The fourth-order valence-electron chi connectivity index (χ4n) is 2.88. The van der Waals surface area contributed by atoms with Gasteiger partial charge in [-0.05, 0) is 30.9 Å². The van der Waals surface area contributed by atoms with Crippen LogP contribution in [-0.4, -0.2) is 38.9 Å². The number of likely N-dealkylation sites (N-methyl/N-ethyl adjacent to an activating group) is 1. The second-order valence-electron chi connectivity index (χ2n) is 5.56. The summed E-state index contributed by atoms with van der Waals surface area (Å²) in [6, 6.07) is 7.48. The third-order valence-corrected chi connectivity index (χ3v) is 5.65. The van der Waals surface area contributed by atoms with E-state index in [2.05, 4.69) is 10.6 Å². The Bertz CT molecular complexity index is 613. The fourth-order valence-corrected chi connectivity index (χ4v) is 4.28. The van der Waals surface area contributed by atoms with Crippen LogP contribution < -0.4 is 10.6 Å². The van der Waals surface area contributed by atoms with Crippen molar-refractivity contribution in [3.8, 4) is 0 Å². The van der Waals surface area contributed by atoms with E-state index in [-0.39, 0.29) is 23.6 Å². The number of sulfone groups is 1. The van der Waals surface area contributed by atoms with E-state index in [4.69, 9.17) is 0 Å². The number of carbonyl (C=O) groups excluding carboxylic acids is 1. The van der Waals surface area contributed by atoms with Crippen LogP contribution in [0.2, 0.25) is 0 Å². The summed E-state index contributed by atoms with van der Waals surface area (Å²) in [7, 11) is -1.45. The molecular weight excluding hydrogens is 288 g/mol. The fraction of sp³-hybridized carbons (Fsp3) is 0.533. The molecule has 1 aliphatic rings. The van der Waals surface area contributed by atoms with Gasteiger partial charge in [-0.25, -0.2) is 8.42 Å². The number of amides is 1. The topological polar surface area (TPSA) is 75.3 Å². The maximum absolute atomic E-state index is 11.8. The number of anilines is 1. The Morgan fingerprint density at radius 3 is 2.67 bits per heavy atom. The van der Waals surface area contributed by atoms with Gasteiger partial charge in [-0.2, -0.15) is 0 Å². The smallest absolute Gasteiger partial charge is 0.224 e. The summed E-state index contributed by atoms with van der Waals surface area (Å²) in [5.74, 6) is -0.0599. The van der Waals surface area contributed by atoms with Crippen LogP contribution in [0.1, 0.15) is 24.8 Å². The van der Waals surface area contributed by atoms with Crippen LogP contribution in [0, 0.1) is 0 Å². The number of hydrogen-bond acceptors (Lipinski definition) is 4. The first-order valence-corrected chi connectivity index (χ1v) is 9.11. The predicted molar refractivity (Wildman–Crippen MR) is 84.1 cm³/mol. The average molecular weight is 310 g/mol. The minimum atomic E-state index is -3.05. The first-order chi connectivity index (χ1) is 9.91. The molecule has 2 rings (SSSR count). The molecule has 0 saturated heterocycles. The standard InChI is InChI=1S/C15H22N2O3S/c1-16-15(18)10-11-6-3-4-7-12(11)17-13-8-5-9-14(13)21(2,19)20/h3-4,6-7,13-14,17H,5,8-10H2,1-2H3,(H,16,18). The normalized spacial score (nSPS) is 22.0. The van der Waals surface area contributed by atoms with Crippen LogP contribution in [0.5, 0.6) is 0 Å². The van der Waals surface area contributed by atoms with Gasteiger partial charge in [0.2, 0.25) is 5.91 Å².